The predicted octanol–water partition coefficient (Wildman–Crippen LogP) is 5.25. The summed E-state index contributed by atoms with van der Waals surface area (Å²) in [5, 5.41) is 11.7. The fourth-order valence-corrected chi connectivity index (χ4v) is 5.02. The molecule has 1 aromatic heterocycles. The number of aliphatic hydroxyl groups excluding tert-OH is 1. The molecular formula is C25H24ClN3O3. The first-order valence-electron chi connectivity index (χ1n) is 10.9. The normalized spacial score (nSPS) is 24.0. The Morgan fingerprint density at radius 1 is 1.31 bits per heavy atom. The molecular weight excluding hydrogens is 426 g/mol. The molecule has 6 nitrogen and oxygen atoms in total. The van der Waals surface area contributed by atoms with Gasteiger partial charge in [0, 0.05) is 16.6 Å². The number of carbonyl (C=O) groups is 2. The van der Waals surface area contributed by atoms with Gasteiger partial charge in [-0.1, -0.05) is 29.8 Å². The van der Waals surface area contributed by atoms with Crippen LogP contribution in [0.3, 0.4) is 0 Å². The molecule has 0 spiro atoms. The highest BCUT2D eigenvalue weighted by Crippen LogP contribution is 2.41. The highest BCUT2D eigenvalue weighted by Gasteiger charge is 2.46. The standard InChI is InChI=1S/C25H24ClN3O3/c1-14-11-16(7-9-18(14)26)22-21(23(30)15-5-3-2-4-6-15)24(31)25(32)29(22)17-8-10-19-20(12-17)28-13-27-19/h3,5,8,10-13,15,22,31H,2,4,6-7,9H2,1H3,(H,27,28). The number of amides is 1. The molecule has 0 saturated carbocycles. The average molecular weight is 450 g/mol. The van der Waals surface area contributed by atoms with Gasteiger partial charge in [0.25, 0.3) is 5.91 Å². The number of allylic oxidation sites excluding steroid dienone is 5. The number of ketones is 1. The van der Waals surface area contributed by atoms with Gasteiger partial charge >= 0.3 is 0 Å². The number of hydrogen-bond donors (Lipinski definition) is 2. The Labute approximate surface area is 191 Å². The molecule has 1 aromatic carbocycles. The van der Waals surface area contributed by atoms with Crippen molar-refractivity contribution in [1.29, 1.82) is 0 Å². The van der Waals surface area contributed by atoms with Gasteiger partial charge in [-0.15, -0.1) is 0 Å². The third kappa shape index (κ3) is 3.39. The monoisotopic (exact) mass is 449 g/mol. The van der Waals surface area contributed by atoms with Crippen LogP contribution in [0.15, 0.2) is 70.3 Å². The zero-order valence-electron chi connectivity index (χ0n) is 17.8. The number of aromatic amines is 1. The van der Waals surface area contributed by atoms with E-state index in [1.54, 1.807) is 12.4 Å². The first kappa shape index (κ1) is 20.8. The van der Waals surface area contributed by atoms with E-state index in [0.29, 0.717) is 24.0 Å². The molecule has 2 heterocycles. The van der Waals surface area contributed by atoms with E-state index in [9.17, 15) is 14.7 Å². The maximum Gasteiger partial charge on any atom is 0.294 e. The molecule has 7 heteroatoms. The average Bonchev–Trinajstić information content (AvgIpc) is 3.38. The number of rotatable bonds is 4. The van der Waals surface area contributed by atoms with Gasteiger partial charge in [-0.05, 0) is 68.4 Å². The summed E-state index contributed by atoms with van der Waals surface area (Å²) in [7, 11) is 0. The predicted molar refractivity (Wildman–Crippen MR) is 124 cm³/mol. The molecule has 0 fully saturated rings. The molecule has 164 valence electrons. The van der Waals surface area contributed by atoms with Crippen molar-refractivity contribution in [2.24, 2.45) is 5.92 Å². The summed E-state index contributed by atoms with van der Waals surface area (Å²) in [5.41, 5.74) is 4.15. The molecule has 2 unspecified atom stereocenters. The number of nitrogens with one attached hydrogen (secondary N) is 1. The van der Waals surface area contributed by atoms with E-state index in [1.165, 1.54) is 4.90 Å². The van der Waals surface area contributed by atoms with Crippen LogP contribution in [0.4, 0.5) is 5.69 Å². The van der Waals surface area contributed by atoms with Gasteiger partial charge in [0.1, 0.15) is 0 Å². The topological polar surface area (TPSA) is 86.3 Å². The fraction of sp³-hybridized carbons (Fsp3) is 0.320. The Balaban J connectivity index is 1.64. The van der Waals surface area contributed by atoms with Gasteiger partial charge in [-0.25, -0.2) is 4.98 Å². The summed E-state index contributed by atoms with van der Waals surface area (Å²) < 4.78 is 0. The van der Waals surface area contributed by atoms with E-state index in [0.717, 1.165) is 41.0 Å². The molecule has 0 saturated heterocycles. The van der Waals surface area contributed by atoms with E-state index < -0.39 is 17.7 Å². The van der Waals surface area contributed by atoms with E-state index in [-0.39, 0.29) is 17.3 Å². The van der Waals surface area contributed by atoms with Crippen LogP contribution in [-0.2, 0) is 9.59 Å². The molecule has 5 rings (SSSR count). The van der Waals surface area contributed by atoms with Crippen LogP contribution >= 0.6 is 11.6 Å². The molecule has 1 amide bonds. The van der Waals surface area contributed by atoms with Crippen LogP contribution < -0.4 is 4.90 Å². The zero-order valence-corrected chi connectivity index (χ0v) is 18.5. The van der Waals surface area contributed by atoms with Crippen molar-refractivity contribution in [3.63, 3.8) is 0 Å². The second kappa shape index (κ2) is 8.10. The van der Waals surface area contributed by atoms with Crippen molar-refractivity contribution in [3.05, 3.63) is 70.3 Å². The second-order valence-electron chi connectivity index (χ2n) is 8.58. The summed E-state index contributed by atoms with van der Waals surface area (Å²) in [6.07, 6.45) is 11.3. The minimum absolute atomic E-state index is 0.181. The minimum Gasteiger partial charge on any atom is -0.503 e. The SMILES string of the molecule is CC1=C(Cl)CCC(C2C(C(=O)C3C=CCCC3)=C(O)C(=O)N2c2ccc3[nH]cnc3c2)=C1. The van der Waals surface area contributed by atoms with Gasteiger partial charge in [0.15, 0.2) is 11.5 Å². The number of anilines is 1. The Bertz CT molecular complexity index is 1250. The maximum absolute atomic E-state index is 13.6. The van der Waals surface area contributed by atoms with Gasteiger partial charge < -0.3 is 10.1 Å². The van der Waals surface area contributed by atoms with Crippen molar-refractivity contribution in [3.8, 4) is 0 Å². The quantitative estimate of drug-likeness (QED) is 0.624. The molecule has 0 radical (unpaired) electrons. The van der Waals surface area contributed by atoms with E-state index in [2.05, 4.69) is 9.97 Å². The number of carbonyl (C=O) groups excluding carboxylic acids is 2. The molecule has 32 heavy (non-hydrogen) atoms. The summed E-state index contributed by atoms with van der Waals surface area (Å²) in [5.74, 6) is -1.53. The third-order valence-corrected chi connectivity index (χ3v) is 7.05. The third-order valence-electron chi connectivity index (χ3n) is 6.56. The Hall–Kier alpha value is -3.12. The summed E-state index contributed by atoms with van der Waals surface area (Å²) >= 11 is 6.33. The Morgan fingerprint density at radius 2 is 2.16 bits per heavy atom. The number of imidazole rings is 1. The number of aromatic nitrogens is 2. The van der Waals surface area contributed by atoms with Gasteiger partial charge in [-0.2, -0.15) is 0 Å². The van der Waals surface area contributed by atoms with Crippen molar-refractivity contribution in [2.75, 3.05) is 4.90 Å². The molecule has 1 aliphatic heterocycles. The first-order chi connectivity index (χ1) is 15.5. The molecule has 2 atom stereocenters. The summed E-state index contributed by atoms with van der Waals surface area (Å²) in [4.78, 5) is 35.8. The van der Waals surface area contributed by atoms with Gasteiger partial charge in [-0.3, -0.25) is 14.5 Å². The van der Waals surface area contributed by atoms with Crippen LogP contribution in [0.2, 0.25) is 0 Å². The summed E-state index contributed by atoms with van der Waals surface area (Å²) in [6, 6.07) is 4.80. The number of hydrogen-bond acceptors (Lipinski definition) is 4. The van der Waals surface area contributed by atoms with Crippen LogP contribution in [0.5, 0.6) is 0 Å². The van der Waals surface area contributed by atoms with E-state index in [1.807, 2.05) is 37.3 Å². The van der Waals surface area contributed by atoms with Gasteiger partial charge in [0.05, 0.1) is 29.0 Å². The number of halogens is 1. The summed E-state index contributed by atoms with van der Waals surface area (Å²) in [6.45, 7) is 1.92. The lowest BCUT2D eigenvalue weighted by Crippen LogP contribution is -2.39. The lowest BCUT2D eigenvalue weighted by molar-refractivity contribution is -0.119. The molecule has 2 N–H and O–H groups in total. The minimum atomic E-state index is -0.665. The zero-order chi connectivity index (χ0) is 22.4. The molecule has 3 aliphatic rings. The number of H-pyrrole nitrogens is 1. The number of aliphatic hydroxyl groups is 1. The van der Waals surface area contributed by atoms with Crippen LogP contribution in [0, 0.1) is 5.92 Å². The molecule has 2 aliphatic carbocycles. The fourth-order valence-electron chi connectivity index (χ4n) is 4.87. The van der Waals surface area contributed by atoms with Crippen molar-refractivity contribution < 1.29 is 14.7 Å². The van der Waals surface area contributed by atoms with Crippen LogP contribution in [-0.4, -0.2) is 32.8 Å². The van der Waals surface area contributed by atoms with Gasteiger partial charge in [0.2, 0.25) is 0 Å². The number of fused-ring (bicyclic) bond motifs is 1. The van der Waals surface area contributed by atoms with E-state index >= 15 is 0 Å². The van der Waals surface area contributed by atoms with Crippen molar-refractivity contribution >= 4 is 40.0 Å². The number of benzene rings is 1. The number of nitrogens with zero attached hydrogens (tertiary/aromatic N) is 2. The smallest absolute Gasteiger partial charge is 0.294 e. The number of Topliss-reactive ketones (excluding diaryl/α,β-unsaturated/α-hetero) is 1. The Kier molecular flexibility index (Phi) is 5.25. The van der Waals surface area contributed by atoms with Crippen LogP contribution in [0.1, 0.15) is 39.0 Å². The second-order valence-corrected chi connectivity index (χ2v) is 9.04. The maximum atomic E-state index is 13.6. The molecule has 2 aromatic rings. The molecule has 0 bridgehead atoms. The lowest BCUT2D eigenvalue weighted by Gasteiger charge is -2.31. The first-order valence-corrected chi connectivity index (χ1v) is 11.3. The lowest BCUT2D eigenvalue weighted by atomic mass is 9.82. The van der Waals surface area contributed by atoms with Crippen LogP contribution in [0.25, 0.3) is 11.0 Å². The largest absolute Gasteiger partial charge is 0.503 e. The van der Waals surface area contributed by atoms with Crippen molar-refractivity contribution in [1.82, 2.24) is 9.97 Å². The highest BCUT2D eigenvalue weighted by atomic mass is 35.5. The highest BCUT2D eigenvalue weighted by molar-refractivity contribution is 6.30. The Morgan fingerprint density at radius 3 is 2.91 bits per heavy atom. The van der Waals surface area contributed by atoms with Crippen molar-refractivity contribution in [2.45, 2.75) is 45.1 Å². The van der Waals surface area contributed by atoms with E-state index in [4.69, 9.17) is 11.6 Å².